The van der Waals surface area contributed by atoms with Crippen molar-refractivity contribution in [2.45, 2.75) is 6.92 Å². The third kappa shape index (κ3) is 2.50. The van der Waals surface area contributed by atoms with Crippen molar-refractivity contribution in [2.75, 3.05) is 12.3 Å². The van der Waals surface area contributed by atoms with Crippen molar-refractivity contribution in [2.24, 2.45) is 0 Å². The lowest BCUT2D eigenvalue weighted by Crippen LogP contribution is -1.97. The molecule has 1 aromatic heterocycles. The molecule has 2 aromatic rings. The van der Waals surface area contributed by atoms with E-state index in [9.17, 15) is 4.39 Å². The van der Waals surface area contributed by atoms with E-state index >= 15 is 0 Å². The Morgan fingerprint density at radius 3 is 2.82 bits per heavy atom. The lowest BCUT2D eigenvalue weighted by Gasteiger charge is -2.06. The summed E-state index contributed by atoms with van der Waals surface area (Å²) in [5, 5.41) is 0. The van der Waals surface area contributed by atoms with E-state index in [4.69, 9.17) is 10.5 Å². The van der Waals surface area contributed by atoms with Gasteiger partial charge in [0, 0.05) is 11.8 Å². The highest BCUT2D eigenvalue weighted by Crippen LogP contribution is 2.24. The molecule has 88 valence electrons. The normalized spacial score (nSPS) is 10.2. The first kappa shape index (κ1) is 11.3. The molecule has 0 saturated heterocycles. The highest BCUT2D eigenvalue weighted by Gasteiger charge is 2.07. The molecule has 5 heteroatoms. The van der Waals surface area contributed by atoms with Crippen molar-refractivity contribution >= 4 is 5.95 Å². The maximum atomic E-state index is 13.6. The molecule has 0 fully saturated rings. The monoisotopic (exact) mass is 233 g/mol. The molecule has 2 N–H and O–H groups in total. The van der Waals surface area contributed by atoms with E-state index in [2.05, 4.69) is 9.97 Å². The van der Waals surface area contributed by atoms with Crippen LogP contribution in [0.15, 0.2) is 30.5 Å². The van der Waals surface area contributed by atoms with Gasteiger partial charge in [0.25, 0.3) is 0 Å². The lowest BCUT2D eigenvalue weighted by molar-refractivity contribution is 0.321. The van der Waals surface area contributed by atoms with E-state index in [0.717, 1.165) is 0 Å². The molecule has 0 unspecified atom stereocenters. The Bertz CT molecular complexity index is 531. The number of nitrogen functional groups attached to an aromatic ring is 1. The number of rotatable bonds is 3. The number of halogens is 1. The molecule has 4 nitrogen and oxygen atoms in total. The Kier molecular flexibility index (Phi) is 3.18. The van der Waals surface area contributed by atoms with Gasteiger partial charge in [-0.25, -0.2) is 14.4 Å². The Morgan fingerprint density at radius 2 is 2.18 bits per heavy atom. The molecular formula is C12H12FN3O. The van der Waals surface area contributed by atoms with Crippen LogP contribution in [0.5, 0.6) is 5.75 Å². The van der Waals surface area contributed by atoms with Crippen LogP contribution in [-0.2, 0) is 0 Å². The minimum atomic E-state index is -0.415. The summed E-state index contributed by atoms with van der Waals surface area (Å²) >= 11 is 0. The predicted molar refractivity (Wildman–Crippen MR) is 63.0 cm³/mol. The second-order valence-corrected chi connectivity index (χ2v) is 3.38. The van der Waals surface area contributed by atoms with Gasteiger partial charge in [-0.2, -0.15) is 0 Å². The van der Waals surface area contributed by atoms with E-state index in [1.165, 1.54) is 12.3 Å². The average molecular weight is 233 g/mol. The van der Waals surface area contributed by atoms with Gasteiger partial charge in [-0.05, 0) is 31.2 Å². The van der Waals surface area contributed by atoms with Crippen LogP contribution in [-0.4, -0.2) is 16.6 Å². The van der Waals surface area contributed by atoms with E-state index in [0.29, 0.717) is 17.9 Å². The van der Waals surface area contributed by atoms with Crippen LogP contribution in [0, 0.1) is 5.82 Å². The van der Waals surface area contributed by atoms with E-state index in [1.807, 2.05) is 0 Å². The van der Waals surface area contributed by atoms with E-state index in [1.54, 1.807) is 25.1 Å². The molecule has 0 bridgehead atoms. The van der Waals surface area contributed by atoms with Crippen molar-refractivity contribution in [1.29, 1.82) is 0 Å². The molecule has 17 heavy (non-hydrogen) atoms. The lowest BCUT2D eigenvalue weighted by atomic mass is 10.1. The number of nitrogens with two attached hydrogens (primary N) is 1. The molecule has 0 aliphatic heterocycles. The summed E-state index contributed by atoms with van der Waals surface area (Å²) in [4.78, 5) is 7.80. The number of ether oxygens (including phenoxy) is 1. The fourth-order valence-corrected chi connectivity index (χ4v) is 1.47. The molecule has 2 rings (SSSR count). The van der Waals surface area contributed by atoms with Crippen molar-refractivity contribution in [3.63, 3.8) is 0 Å². The zero-order chi connectivity index (χ0) is 12.3. The second-order valence-electron chi connectivity index (χ2n) is 3.38. The number of benzene rings is 1. The molecule has 0 aliphatic carbocycles. The first-order chi connectivity index (χ1) is 8.20. The topological polar surface area (TPSA) is 61.0 Å². The summed E-state index contributed by atoms with van der Waals surface area (Å²) < 4.78 is 18.7. The molecule has 0 radical (unpaired) electrons. The summed E-state index contributed by atoms with van der Waals surface area (Å²) in [5.41, 5.74) is 6.69. The Hall–Kier alpha value is -2.17. The van der Waals surface area contributed by atoms with Crippen LogP contribution in [0.25, 0.3) is 11.3 Å². The van der Waals surface area contributed by atoms with Gasteiger partial charge in [0.2, 0.25) is 5.95 Å². The summed E-state index contributed by atoms with van der Waals surface area (Å²) in [5.74, 6) is -0.0170. The molecule has 0 aliphatic rings. The maximum Gasteiger partial charge on any atom is 0.220 e. The fourth-order valence-electron chi connectivity index (χ4n) is 1.47. The number of hydrogen-bond acceptors (Lipinski definition) is 4. The van der Waals surface area contributed by atoms with Crippen molar-refractivity contribution in [3.8, 4) is 17.0 Å². The van der Waals surface area contributed by atoms with Gasteiger partial charge in [0.05, 0.1) is 12.3 Å². The zero-order valence-corrected chi connectivity index (χ0v) is 9.35. The third-order valence-electron chi connectivity index (χ3n) is 2.20. The van der Waals surface area contributed by atoms with Gasteiger partial charge in [0.1, 0.15) is 0 Å². The Morgan fingerprint density at radius 1 is 1.35 bits per heavy atom. The third-order valence-corrected chi connectivity index (χ3v) is 2.20. The summed E-state index contributed by atoms with van der Waals surface area (Å²) in [6.45, 7) is 2.23. The van der Waals surface area contributed by atoms with Gasteiger partial charge >= 0.3 is 0 Å². The van der Waals surface area contributed by atoms with Gasteiger partial charge in [-0.15, -0.1) is 0 Å². The summed E-state index contributed by atoms with van der Waals surface area (Å²) in [7, 11) is 0. The SMILES string of the molecule is CCOc1ccc(-c2ccnc(N)n2)cc1F. The van der Waals surface area contributed by atoms with Crippen LogP contribution in [0.3, 0.4) is 0 Å². The number of nitrogens with zero attached hydrogens (tertiary/aromatic N) is 2. The second kappa shape index (κ2) is 4.78. The van der Waals surface area contributed by atoms with Gasteiger partial charge in [0.15, 0.2) is 11.6 Å². The summed E-state index contributed by atoms with van der Waals surface area (Å²) in [6.07, 6.45) is 1.53. The van der Waals surface area contributed by atoms with Crippen LogP contribution in [0.1, 0.15) is 6.92 Å². The standard InChI is InChI=1S/C12H12FN3O/c1-2-17-11-4-3-8(7-9(11)13)10-5-6-15-12(14)16-10/h3-7H,2H2,1H3,(H2,14,15,16). The summed E-state index contributed by atoms with van der Waals surface area (Å²) in [6, 6.07) is 6.35. The first-order valence-electron chi connectivity index (χ1n) is 5.22. The minimum absolute atomic E-state index is 0.164. The molecule has 0 amide bonds. The zero-order valence-electron chi connectivity index (χ0n) is 9.35. The van der Waals surface area contributed by atoms with Crippen LogP contribution in [0.4, 0.5) is 10.3 Å². The average Bonchev–Trinajstić information content (AvgIpc) is 2.32. The van der Waals surface area contributed by atoms with E-state index < -0.39 is 5.82 Å². The highest BCUT2D eigenvalue weighted by molar-refractivity contribution is 5.60. The number of anilines is 1. The van der Waals surface area contributed by atoms with Crippen LogP contribution in [0.2, 0.25) is 0 Å². The van der Waals surface area contributed by atoms with Crippen molar-refractivity contribution < 1.29 is 9.13 Å². The van der Waals surface area contributed by atoms with E-state index in [-0.39, 0.29) is 11.7 Å². The van der Waals surface area contributed by atoms with Gasteiger partial charge in [-0.1, -0.05) is 0 Å². The molecule has 1 aromatic carbocycles. The quantitative estimate of drug-likeness (QED) is 0.883. The molecular weight excluding hydrogens is 221 g/mol. The first-order valence-corrected chi connectivity index (χ1v) is 5.22. The smallest absolute Gasteiger partial charge is 0.220 e. The van der Waals surface area contributed by atoms with Gasteiger partial charge < -0.3 is 10.5 Å². The van der Waals surface area contributed by atoms with Crippen molar-refractivity contribution in [3.05, 3.63) is 36.3 Å². The highest BCUT2D eigenvalue weighted by atomic mass is 19.1. The Balaban J connectivity index is 2.37. The predicted octanol–water partition coefficient (Wildman–Crippen LogP) is 2.26. The van der Waals surface area contributed by atoms with Crippen LogP contribution >= 0.6 is 0 Å². The Labute approximate surface area is 98.3 Å². The number of aromatic nitrogens is 2. The molecule has 1 heterocycles. The fraction of sp³-hybridized carbons (Fsp3) is 0.167. The number of hydrogen-bond donors (Lipinski definition) is 1. The molecule has 0 spiro atoms. The molecule has 0 atom stereocenters. The maximum absolute atomic E-state index is 13.6. The van der Waals surface area contributed by atoms with Crippen molar-refractivity contribution in [1.82, 2.24) is 9.97 Å². The molecule has 0 saturated carbocycles. The van der Waals surface area contributed by atoms with Gasteiger partial charge in [-0.3, -0.25) is 0 Å². The minimum Gasteiger partial charge on any atom is -0.491 e. The largest absolute Gasteiger partial charge is 0.491 e. The van der Waals surface area contributed by atoms with Crippen LogP contribution < -0.4 is 10.5 Å².